The number of benzene rings is 1. The van der Waals surface area contributed by atoms with Gasteiger partial charge in [0.1, 0.15) is 6.29 Å². The zero-order chi connectivity index (χ0) is 11.5. The van der Waals surface area contributed by atoms with Gasteiger partial charge in [0, 0.05) is 17.3 Å². The minimum atomic E-state index is -0.547. The minimum absolute atomic E-state index is 0.342. The van der Waals surface area contributed by atoms with Crippen LogP contribution in [0, 0.1) is 0 Å². The Morgan fingerprint density at radius 3 is 2.81 bits per heavy atom. The molecule has 1 heterocycles. The van der Waals surface area contributed by atoms with Gasteiger partial charge in [0.2, 0.25) is 0 Å². The maximum absolute atomic E-state index is 11.2. The molecule has 0 radical (unpaired) electrons. The lowest BCUT2D eigenvalue weighted by Gasteiger charge is -2.03. The highest BCUT2D eigenvalue weighted by Crippen LogP contribution is 2.25. The van der Waals surface area contributed by atoms with Crippen molar-refractivity contribution in [1.82, 2.24) is 4.98 Å². The number of H-pyrrole nitrogens is 1. The Kier molecular flexibility index (Phi) is 2.55. The molecule has 0 aliphatic rings. The number of carbonyl (C=O) groups is 1. The quantitative estimate of drug-likeness (QED) is 0.747. The van der Waals surface area contributed by atoms with E-state index in [2.05, 4.69) is 4.98 Å². The lowest BCUT2D eigenvalue weighted by molar-refractivity contribution is 0.112. The molecule has 2 N–H and O–H groups in total. The van der Waals surface area contributed by atoms with E-state index in [1.165, 1.54) is 6.20 Å². The van der Waals surface area contributed by atoms with Gasteiger partial charge in [-0.15, -0.1) is 0 Å². The third-order valence-electron chi connectivity index (χ3n) is 2.27. The number of aromatic amines is 1. The van der Waals surface area contributed by atoms with Gasteiger partial charge in [0.05, 0.1) is 0 Å². The molecule has 0 amide bonds. The predicted octanol–water partition coefficient (Wildman–Crippen LogP) is 1.56. The summed E-state index contributed by atoms with van der Waals surface area (Å²) in [7, 11) is 0. The van der Waals surface area contributed by atoms with E-state index in [0.717, 1.165) is 0 Å². The molecule has 0 unspecified atom stereocenters. The average Bonchev–Trinajstić information content (AvgIpc) is 2.33. The molecule has 1 aromatic heterocycles. The number of carbonyl (C=O) groups excluding carboxylic acids is 1. The molecule has 1 aromatic carbocycles. The topological polar surface area (TPSA) is 70.2 Å². The first kappa shape index (κ1) is 10.2. The molecule has 0 aliphatic carbocycles. The molecule has 4 nitrogen and oxygen atoms in total. The Morgan fingerprint density at radius 1 is 1.25 bits per heavy atom. The Hall–Kier alpha value is -2.36. The second-order valence-corrected chi connectivity index (χ2v) is 3.31. The first-order chi connectivity index (χ1) is 7.72. The van der Waals surface area contributed by atoms with Gasteiger partial charge in [-0.1, -0.05) is 18.2 Å². The first-order valence-corrected chi connectivity index (χ1v) is 4.68. The first-order valence-electron chi connectivity index (χ1n) is 4.68. The molecule has 0 bridgehead atoms. The van der Waals surface area contributed by atoms with Crippen LogP contribution < -0.4 is 5.56 Å². The zero-order valence-corrected chi connectivity index (χ0v) is 8.31. The summed E-state index contributed by atoms with van der Waals surface area (Å²) in [6.45, 7) is 0. The third kappa shape index (κ3) is 1.72. The summed E-state index contributed by atoms with van der Waals surface area (Å²) in [5.74, 6) is -0.342. The van der Waals surface area contributed by atoms with Gasteiger partial charge in [-0.25, -0.2) is 0 Å². The number of pyridine rings is 1. The van der Waals surface area contributed by atoms with E-state index in [1.807, 2.05) is 0 Å². The summed E-state index contributed by atoms with van der Waals surface area (Å²) in [5.41, 5.74) is 0.992. The average molecular weight is 215 g/mol. The molecule has 2 rings (SSSR count). The van der Waals surface area contributed by atoms with E-state index < -0.39 is 5.56 Å². The number of aromatic hydroxyl groups is 1. The summed E-state index contributed by atoms with van der Waals surface area (Å²) in [4.78, 5) is 24.2. The van der Waals surface area contributed by atoms with Crippen molar-refractivity contribution in [3.63, 3.8) is 0 Å². The maximum atomic E-state index is 11.2. The van der Waals surface area contributed by atoms with Gasteiger partial charge in [-0.3, -0.25) is 9.59 Å². The number of hydrogen-bond acceptors (Lipinski definition) is 3. The molecule has 0 aliphatic heterocycles. The number of hydrogen-bond donors (Lipinski definition) is 2. The van der Waals surface area contributed by atoms with E-state index >= 15 is 0 Å². The SMILES string of the molecule is O=Cc1cccc(-c2cc[nH]c(=O)c2O)c1. The van der Waals surface area contributed by atoms with E-state index in [-0.39, 0.29) is 5.75 Å². The van der Waals surface area contributed by atoms with Gasteiger partial charge in [-0.05, 0) is 17.7 Å². The van der Waals surface area contributed by atoms with Gasteiger partial charge < -0.3 is 10.1 Å². The minimum Gasteiger partial charge on any atom is -0.503 e. The number of aldehydes is 1. The van der Waals surface area contributed by atoms with Crippen molar-refractivity contribution >= 4 is 6.29 Å². The van der Waals surface area contributed by atoms with Gasteiger partial charge in [0.15, 0.2) is 5.75 Å². The zero-order valence-electron chi connectivity index (χ0n) is 8.31. The van der Waals surface area contributed by atoms with Crippen LogP contribution in [0.1, 0.15) is 10.4 Å². The molecule has 0 saturated heterocycles. The van der Waals surface area contributed by atoms with E-state index in [4.69, 9.17) is 0 Å². The van der Waals surface area contributed by atoms with Crippen LogP contribution >= 0.6 is 0 Å². The molecule has 80 valence electrons. The Balaban J connectivity index is 2.63. The number of nitrogens with one attached hydrogen (secondary N) is 1. The maximum Gasteiger partial charge on any atom is 0.290 e. The summed E-state index contributed by atoms with van der Waals surface area (Å²) < 4.78 is 0. The highest BCUT2D eigenvalue weighted by molar-refractivity contribution is 5.80. The lowest BCUT2D eigenvalue weighted by Crippen LogP contribution is -2.04. The molecule has 0 atom stereocenters. The molecule has 4 heteroatoms. The lowest BCUT2D eigenvalue weighted by atomic mass is 10.0. The van der Waals surface area contributed by atoms with Crippen LogP contribution in [0.25, 0.3) is 11.1 Å². The monoisotopic (exact) mass is 215 g/mol. The Labute approximate surface area is 91.2 Å². The molecule has 16 heavy (non-hydrogen) atoms. The summed E-state index contributed by atoms with van der Waals surface area (Å²) >= 11 is 0. The van der Waals surface area contributed by atoms with Crippen molar-refractivity contribution in [1.29, 1.82) is 0 Å². The highest BCUT2D eigenvalue weighted by atomic mass is 16.3. The number of aromatic nitrogens is 1. The molecular weight excluding hydrogens is 206 g/mol. The number of rotatable bonds is 2. The van der Waals surface area contributed by atoms with Crippen molar-refractivity contribution in [3.8, 4) is 16.9 Å². The van der Waals surface area contributed by atoms with E-state index in [0.29, 0.717) is 23.0 Å². The standard InChI is InChI=1S/C12H9NO3/c14-7-8-2-1-3-9(6-8)10-4-5-13-12(16)11(10)15/h1-7,15H,(H,13,16). The van der Waals surface area contributed by atoms with Gasteiger partial charge in [-0.2, -0.15) is 0 Å². The fourth-order valence-corrected chi connectivity index (χ4v) is 1.48. The van der Waals surface area contributed by atoms with Crippen molar-refractivity contribution in [2.45, 2.75) is 0 Å². The summed E-state index contributed by atoms with van der Waals surface area (Å²) in [6, 6.07) is 8.27. The molecule has 0 spiro atoms. The van der Waals surface area contributed by atoms with Crippen molar-refractivity contribution in [2.24, 2.45) is 0 Å². The smallest absolute Gasteiger partial charge is 0.290 e. The van der Waals surface area contributed by atoms with E-state index in [1.54, 1.807) is 30.3 Å². The molecule has 0 saturated carbocycles. The van der Waals surface area contributed by atoms with Crippen LogP contribution in [0.15, 0.2) is 41.3 Å². The summed E-state index contributed by atoms with van der Waals surface area (Å²) in [5, 5.41) is 9.58. The van der Waals surface area contributed by atoms with Crippen molar-refractivity contribution in [2.75, 3.05) is 0 Å². The second kappa shape index (κ2) is 4.02. The van der Waals surface area contributed by atoms with Crippen molar-refractivity contribution < 1.29 is 9.90 Å². The predicted molar refractivity (Wildman–Crippen MR) is 59.6 cm³/mol. The Morgan fingerprint density at radius 2 is 2.06 bits per heavy atom. The molecule has 0 fully saturated rings. The van der Waals surface area contributed by atoms with Crippen molar-refractivity contribution in [3.05, 3.63) is 52.4 Å². The summed E-state index contributed by atoms with van der Waals surface area (Å²) in [6.07, 6.45) is 2.17. The van der Waals surface area contributed by atoms with Crippen LogP contribution in [0.3, 0.4) is 0 Å². The van der Waals surface area contributed by atoms with E-state index in [9.17, 15) is 14.7 Å². The molecule has 2 aromatic rings. The van der Waals surface area contributed by atoms with Crippen LogP contribution in [0.2, 0.25) is 0 Å². The largest absolute Gasteiger partial charge is 0.503 e. The fraction of sp³-hybridized carbons (Fsp3) is 0. The van der Waals surface area contributed by atoms with Crippen LogP contribution in [-0.2, 0) is 0 Å². The fourth-order valence-electron chi connectivity index (χ4n) is 1.48. The second-order valence-electron chi connectivity index (χ2n) is 3.31. The van der Waals surface area contributed by atoms with Crippen LogP contribution in [0.4, 0.5) is 0 Å². The Bertz CT molecular complexity index is 587. The van der Waals surface area contributed by atoms with Crippen LogP contribution in [-0.4, -0.2) is 16.4 Å². The van der Waals surface area contributed by atoms with Gasteiger partial charge in [0.25, 0.3) is 5.56 Å². The molecular formula is C12H9NO3. The van der Waals surface area contributed by atoms with Gasteiger partial charge >= 0.3 is 0 Å². The van der Waals surface area contributed by atoms with Crippen LogP contribution in [0.5, 0.6) is 5.75 Å². The highest BCUT2D eigenvalue weighted by Gasteiger charge is 2.07. The third-order valence-corrected chi connectivity index (χ3v) is 2.27. The normalized spacial score (nSPS) is 10.0.